The van der Waals surface area contributed by atoms with E-state index in [1.807, 2.05) is 48.5 Å². The summed E-state index contributed by atoms with van der Waals surface area (Å²) in [6.07, 6.45) is 1.80. The summed E-state index contributed by atoms with van der Waals surface area (Å²) in [7, 11) is 0. The maximum atomic E-state index is 13.6. The third kappa shape index (κ3) is 2.24. The van der Waals surface area contributed by atoms with Crippen LogP contribution >= 0.6 is 22.6 Å². The van der Waals surface area contributed by atoms with Crippen molar-refractivity contribution < 1.29 is 4.79 Å². The van der Waals surface area contributed by atoms with E-state index in [-0.39, 0.29) is 17.2 Å². The van der Waals surface area contributed by atoms with Gasteiger partial charge in [0.2, 0.25) is 5.91 Å². The molecule has 2 bridgehead atoms. The Bertz CT molecular complexity index is 1080. The number of halogens is 1. The molecule has 1 N–H and O–H groups in total. The van der Waals surface area contributed by atoms with E-state index in [4.69, 9.17) is 9.97 Å². The predicted octanol–water partition coefficient (Wildman–Crippen LogP) is 5.03. The Morgan fingerprint density at radius 2 is 1.74 bits per heavy atom. The molecule has 5 heteroatoms. The molecule has 2 atom stereocenters. The number of carbonyl (C=O) groups is 1. The lowest BCUT2D eigenvalue weighted by Crippen LogP contribution is -2.46. The van der Waals surface area contributed by atoms with Crippen molar-refractivity contribution in [3.8, 4) is 0 Å². The summed E-state index contributed by atoms with van der Waals surface area (Å²) in [5.74, 6) is 0.312. The summed E-state index contributed by atoms with van der Waals surface area (Å²) in [5.41, 5.74) is 3.66. The number of carbonyl (C=O) groups excluding carboxylic acids is 1. The van der Waals surface area contributed by atoms with Crippen molar-refractivity contribution in [2.24, 2.45) is 5.41 Å². The molecule has 0 radical (unpaired) electrons. The topological polar surface area (TPSA) is 54.9 Å². The minimum atomic E-state index is -0.632. The lowest BCUT2D eigenvalue weighted by Gasteiger charge is -2.36. The molecule has 1 fully saturated rings. The maximum absolute atomic E-state index is 13.6. The van der Waals surface area contributed by atoms with Gasteiger partial charge in [0.1, 0.15) is 0 Å². The van der Waals surface area contributed by atoms with Gasteiger partial charge >= 0.3 is 0 Å². The van der Waals surface area contributed by atoms with Crippen LogP contribution in [-0.4, -0.2) is 15.9 Å². The summed E-state index contributed by atoms with van der Waals surface area (Å²) in [5, 5.41) is 3.16. The minimum Gasteiger partial charge on any atom is -0.325 e. The fourth-order valence-corrected chi connectivity index (χ4v) is 5.46. The Balaban J connectivity index is 1.65. The largest absolute Gasteiger partial charge is 0.325 e. The zero-order valence-electron chi connectivity index (χ0n) is 15.3. The Labute approximate surface area is 171 Å². The molecule has 2 aliphatic rings. The van der Waals surface area contributed by atoms with Gasteiger partial charge in [-0.3, -0.25) is 4.79 Å². The number of fused-ring (bicyclic) bond motifs is 6. The van der Waals surface area contributed by atoms with Gasteiger partial charge in [-0.1, -0.05) is 26.0 Å². The molecule has 4 nitrogen and oxygen atoms in total. The summed E-state index contributed by atoms with van der Waals surface area (Å²) in [6, 6.07) is 15.9. The van der Waals surface area contributed by atoms with Crippen LogP contribution in [0.25, 0.3) is 11.0 Å². The molecule has 27 heavy (non-hydrogen) atoms. The van der Waals surface area contributed by atoms with Crippen molar-refractivity contribution in [3.63, 3.8) is 0 Å². The van der Waals surface area contributed by atoms with Gasteiger partial charge in [-0.25, -0.2) is 9.97 Å². The van der Waals surface area contributed by atoms with Crippen LogP contribution < -0.4 is 5.32 Å². The van der Waals surface area contributed by atoms with Crippen LogP contribution in [0.4, 0.5) is 5.69 Å². The minimum absolute atomic E-state index is 0.0412. The fourth-order valence-electron chi connectivity index (χ4n) is 5.10. The monoisotopic (exact) mass is 469 g/mol. The van der Waals surface area contributed by atoms with Gasteiger partial charge in [0, 0.05) is 15.2 Å². The first-order valence-electron chi connectivity index (χ1n) is 9.28. The Hall–Kier alpha value is -2.02. The quantitative estimate of drug-likeness (QED) is 0.536. The highest BCUT2D eigenvalue weighted by atomic mass is 127. The molecule has 0 spiro atoms. The Morgan fingerprint density at radius 3 is 2.44 bits per heavy atom. The second kappa shape index (κ2) is 5.74. The number of benzene rings is 2. The number of amides is 1. The molecule has 2 unspecified atom stereocenters. The molecule has 2 aromatic carbocycles. The van der Waals surface area contributed by atoms with Gasteiger partial charge in [-0.2, -0.15) is 0 Å². The molecule has 1 saturated carbocycles. The van der Waals surface area contributed by atoms with Crippen LogP contribution in [0, 0.1) is 8.99 Å². The van der Waals surface area contributed by atoms with E-state index in [0.717, 1.165) is 44.5 Å². The first-order chi connectivity index (χ1) is 12.9. The summed E-state index contributed by atoms with van der Waals surface area (Å²) >= 11 is 2.27. The van der Waals surface area contributed by atoms with Gasteiger partial charge in [0.15, 0.2) is 0 Å². The van der Waals surface area contributed by atoms with E-state index in [2.05, 4.69) is 41.8 Å². The summed E-state index contributed by atoms with van der Waals surface area (Å²) in [6.45, 7) is 4.40. The van der Waals surface area contributed by atoms with E-state index in [1.54, 1.807) is 0 Å². The van der Waals surface area contributed by atoms with E-state index < -0.39 is 5.41 Å². The van der Waals surface area contributed by atoms with Crippen LogP contribution in [0.2, 0.25) is 0 Å². The third-order valence-corrected chi connectivity index (χ3v) is 7.32. The lowest BCUT2D eigenvalue weighted by atomic mass is 9.67. The highest BCUT2D eigenvalue weighted by molar-refractivity contribution is 14.1. The molecule has 136 valence electrons. The average Bonchev–Trinajstić information content (AvgIpc) is 3.03. The molecule has 1 heterocycles. The molecule has 0 saturated heterocycles. The average molecular weight is 469 g/mol. The smallest absolute Gasteiger partial charge is 0.237 e. The fraction of sp³-hybridized carbons (Fsp3) is 0.318. The third-order valence-electron chi connectivity index (χ3n) is 6.60. The van der Waals surface area contributed by atoms with Gasteiger partial charge in [0.05, 0.1) is 27.8 Å². The van der Waals surface area contributed by atoms with Gasteiger partial charge in [0.25, 0.3) is 0 Å². The van der Waals surface area contributed by atoms with Gasteiger partial charge in [-0.15, -0.1) is 0 Å². The summed E-state index contributed by atoms with van der Waals surface area (Å²) < 4.78 is 1.15. The normalized spacial score (nSPS) is 24.8. The van der Waals surface area contributed by atoms with Gasteiger partial charge < -0.3 is 5.32 Å². The number of hydrogen-bond donors (Lipinski definition) is 1. The molecular formula is C22H20IN3O. The van der Waals surface area contributed by atoms with Crippen molar-refractivity contribution in [2.75, 3.05) is 5.32 Å². The maximum Gasteiger partial charge on any atom is 0.237 e. The predicted molar refractivity (Wildman–Crippen MR) is 115 cm³/mol. The first kappa shape index (κ1) is 17.1. The van der Waals surface area contributed by atoms with E-state index in [9.17, 15) is 4.79 Å². The SMILES string of the molecule is CC1(C)C2CCC1(C(=O)Nc1ccc(I)cc1)c1nc3ccccc3nc12. The van der Waals surface area contributed by atoms with E-state index >= 15 is 0 Å². The zero-order chi connectivity index (χ0) is 18.8. The van der Waals surface area contributed by atoms with Crippen LogP contribution in [0.1, 0.15) is 44.0 Å². The van der Waals surface area contributed by atoms with E-state index in [0.29, 0.717) is 0 Å². The molecule has 0 aliphatic heterocycles. The van der Waals surface area contributed by atoms with Crippen molar-refractivity contribution in [1.82, 2.24) is 9.97 Å². The standard InChI is InChI=1S/C22H20IN3O/c1-21(2)15-11-12-22(21,20(27)24-14-9-7-13(23)8-10-14)19-18(15)25-16-5-3-4-6-17(16)26-19/h3-10,15H,11-12H2,1-2H3,(H,24,27). The Morgan fingerprint density at radius 1 is 1.07 bits per heavy atom. The summed E-state index contributed by atoms with van der Waals surface area (Å²) in [4.78, 5) is 23.5. The van der Waals surface area contributed by atoms with Crippen LogP contribution in [-0.2, 0) is 10.2 Å². The number of anilines is 1. The molecule has 5 rings (SSSR count). The number of rotatable bonds is 2. The highest BCUT2D eigenvalue weighted by Crippen LogP contribution is 2.67. The number of hydrogen-bond acceptors (Lipinski definition) is 3. The number of nitrogens with zero attached hydrogens (tertiary/aromatic N) is 2. The van der Waals surface area contributed by atoms with Crippen LogP contribution in [0.3, 0.4) is 0 Å². The molecule has 2 aliphatic carbocycles. The van der Waals surface area contributed by atoms with E-state index in [1.165, 1.54) is 0 Å². The van der Waals surface area contributed by atoms with Crippen LogP contribution in [0.5, 0.6) is 0 Å². The van der Waals surface area contributed by atoms with Crippen molar-refractivity contribution in [3.05, 3.63) is 63.5 Å². The van der Waals surface area contributed by atoms with Crippen molar-refractivity contribution in [1.29, 1.82) is 0 Å². The van der Waals surface area contributed by atoms with Crippen LogP contribution in [0.15, 0.2) is 48.5 Å². The second-order valence-corrected chi connectivity index (χ2v) is 9.37. The highest BCUT2D eigenvalue weighted by Gasteiger charge is 2.67. The first-order valence-corrected chi connectivity index (χ1v) is 10.4. The number of aromatic nitrogens is 2. The van der Waals surface area contributed by atoms with Crippen molar-refractivity contribution >= 4 is 45.2 Å². The molecule has 1 aromatic heterocycles. The Kier molecular flexibility index (Phi) is 3.63. The number of nitrogens with one attached hydrogen (secondary N) is 1. The van der Waals surface area contributed by atoms with Gasteiger partial charge in [-0.05, 0) is 77.2 Å². The lowest BCUT2D eigenvalue weighted by molar-refractivity contribution is -0.124. The zero-order valence-corrected chi connectivity index (χ0v) is 17.4. The molecule has 1 amide bonds. The molecule has 3 aromatic rings. The molecular weight excluding hydrogens is 449 g/mol. The van der Waals surface area contributed by atoms with Crippen molar-refractivity contribution in [2.45, 2.75) is 38.0 Å². The number of para-hydroxylation sites is 2. The second-order valence-electron chi connectivity index (χ2n) is 8.13.